The molecule has 1 aliphatic rings. The van der Waals surface area contributed by atoms with Crippen molar-refractivity contribution in [2.45, 2.75) is 51.3 Å². The third kappa shape index (κ3) is 4.63. The molecule has 0 saturated heterocycles. The Kier molecular flexibility index (Phi) is 7.42. The lowest BCUT2D eigenvalue weighted by molar-refractivity contribution is 0.216. The maximum absolute atomic E-state index is 12.4. The Morgan fingerprint density at radius 3 is 2.67 bits per heavy atom. The summed E-state index contributed by atoms with van der Waals surface area (Å²) in [5.41, 5.74) is 0. The van der Waals surface area contributed by atoms with E-state index in [0.29, 0.717) is 29.6 Å². The Morgan fingerprint density at radius 1 is 1.39 bits per heavy atom. The molecule has 0 radical (unpaired) electrons. The van der Waals surface area contributed by atoms with Crippen LogP contribution in [0.15, 0.2) is 0 Å². The summed E-state index contributed by atoms with van der Waals surface area (Å²) in [5, 5.41) is 3.82. The Balaban J connectivity index is 2.62. The second-order valence-electron chi connectivity index (χ2n) is 5.60. The third-order valence-corrected chi connectivity index (χ3v) is 5.83. The highest BCUT2D eigenvalue weighted by Gasteiger charge is 2.34. The van der Waals surface area contributed by atoms with Crippen LogP contribution in [0.2, 0.25) is 0 Å². The summed E-state index contributed by atoms with van der Waals surface area (Å²) in [5.74, 6) is 2.11. The first-order valence-electron chi connectivity index (χ1n) is 7.19. The lowest BCUT2D eigenvalue weighted by Gasteiger charge is -2.37. The summed E-state index contributed by atoms with van der Waals surface area (Å²) >= 11 is 0. The zero-order valence-corrected chi connectivity index (χ0v) is 13.1. The highest BCUT2D eigenvalue weighted by molar-refractivity contribution is 7.85. The summed E-state index contributed by atoms with van der Waals surface area (Å²) in [4.78, 5) is 0. The average molecular weight is 275 g/mol. The van der Waals surface area contributed by atoms with Gasteiger partial charge in [0.05, 0.1) is 11.9 Å². The van der Waals surface area contributed by atoms with Crippen LogP contribution in [0.5, 0.6) is 0 Å². The van der Waals surface area contributed by atoms with Gasteiger partial charge in [0.25, 0.3) is 0 Å². The van der Waals surface area contributed by atoms with E-state index in [9.17, 15) is 4.21 Å². The van der Waals surface area contributed by atoms with Crippen molar-refractivity contribution in [2.75, 3.05) is 26.0 Å². The summed E-state index contributed by atoms with van der Waals surface area (Å²) < 4.78 is 17.5. The lowest BCUT2D eigenvalue weighted by Crippen LogP contribution is -2.47. The minimum absolute atomic E-state index is 0.307. The normalized spacial score (nSPS) is 30.6. The van der Waals surface area contributed by atoms with Crippen LogP contribution in [0.3, 0.4) is 0 Å². The Labute approximate surface area is 115 Å². The van der Waals surface area contributed by atoms with Crippen molar-refractivity contribution in [3.8, 4) is 0 Å². The van der Waals surface area contributed by atoms with E-state index in [1.54, 1.807) is 7.11 Å². The number of hydrogen-bond donors (Lipinski definition) is 1. The van der Waals surface area contributed by atoms with Gasteiger partial charge in [-0.3, -0.25) is 4.21 Å². The van der Waals surface area contributed by atoms with Gasteiger partial charge >= 0.3 is 0 Å². The van der Waals surface area contributed by atoms with E-state index >= 15 is 0 Å². The van der Waals surface area contributed by atoms with E-state index < -0.39 is 10.8 Å². The smallest absolute Gasteiger partial charge is 0.0577 e. The molecule has 0 amide bonds. The molecule has 0 spiro atoms. The topological polar surface area (TPSA) is 38.3 Å². The largest absolute Gasteiger partial charge is 0.384 e. The zero-order valence-electron chi connectivity index (χ0n) is 12.3. The molecule has 0 aromatic heterocycles. The average Bonchev–Trinajstić information content (AvgIpc) is 2.36. The van der Waals surface area contributed by atoms with Gasteiger partial charge in [0, 0.05) is 29.7 Å². The van der Waals surface area contributed by atoms with Crippen molar-refractivity contribution in [3.05, 3.63) is 0 Å². The minimum atomic E-state index is -0.763. The quantitative estimate of drug-likeness (QED) is 0.774. The molecule has 4 unspecified atom stereocenters. The summed E-state index contributed by atoms with van der Waals surface area (Å²) in [6.45, 7) is 8.27. The maximum Gasteiger partial charge on any atom is 0.0577 e. The van der Waals surface area contributed by atoms with Crippen LogP contribution in [-0.2, 0) is 15.5 Å². The van der Waals surface area contributed by atoms with E-state index in [1.165, 1.54) is 12.8 Å². The Morgan fingerprint density at radius 2 is 2.11 bits per heavy atom. The molecule has 0 bridgehead atoms. The van der Waals surface area contributed by atoms with Gasteiger partial charge in [-0.1, -0.05) is 20.8 Å². The molecule has 0 aliphatic heterocycles. The van der Waals surface area contributed by atoms with Crippen LogP contribution in [0, 0.1) is 11.8 Å². The van der Waals surface area contributed by atoms with Crippen molar-refractivity contribution in [3.63, 3.8) is 0 Å². The van der Waals surface area contributed by atoms with Crippen LogP contribution in [0.1, 0.15) is 40.0 Å². The Bertz CT molecular complexity index is 258. The van der Waals surface area contributed by atoms with Crippen LogP contribution in [-0.4, -0.2) is 41.5 Å². The number of ether oxygens (including phenoxy) is 1. The van der Waals surface area contributed by atoms with E-state index in [-0.39, 0.29) is 0 Å². The van der Waals surface area contributed by atoms with Gasteiger partial charge in [0.15, 0.2) is 0 Å². The third-order valence-electron chi connectivity index (χ3n) is 4.07. The first-order chi connectivity index (χ1) is 8.60. The highest BCUT2D eigenvalue weighted by atomic mass is 32.2. The molecule has 1 aliphatic carbocycles. The van der Waals surface area contributed by atoms with E-state index in [1.807, 2.05) is 0 Å². The SMILES string of the molecule is CCNC1CCC(C(C)C)CC1S(=O)CCOC. The molecule has 1 saturated carbocycles. The lowest BCUT2D eigenvalue weighted by atomic mass is 9.79. The molecule has 1 N–H and O–H groups in total. The first-order valence-corrected chi connectivity index (χ1v) is 8.57. The van der Waals surface area contributed by atoms with Gasteiger partial charge in [-0.05, 0) is 37.6 Å². The molecule has 0 heterocycles. The summed E-state index contributed by atoms with van der Waals surface area (Å²) in [6.07, 6.45) is 3.54. The van der Waals surface area contributed by atoms with Crippen molar-refractivity contribution >= 4 is 10.8 Å². The molecular formula is C14H29NO2S. The molecule has 18 heavy (non-hydrogen) atoms. The van der Waals surface area contributed by atoms with Crippen LogP contribution in [0.25, 0.3) is 0 Å². The molecule has 1 rings (SSSR count). The Hall–Kier alpha value is 0.0700. The van der Waals surface area contributed by atoms with Gasteiger partial charge in [0.2, 0.25) is 0 Å². The fourth-order valence-electron chi connectivity index (χ4n) is 2.87. The highest BCUT2D eigenvalue weighted by Crippen LogP contribution is 2.32. The fraction of sp³-hybridized carbons (Fsp3) is 1.00. The van der Waals surface area contributed by atoms with Crippen LogP contribution >= 0.6 is 0 Å². The molecule has 4 heteroatoms. The molecule has 3 nitrogen and oxygen atoms in total. The zero-order chi connectivity index (χ0) is 13.5. The molecule has 4 atom stereocenters. The predicted molar refractivity (Wildman–Crippen MR) is 78.3 cm³/mol. The minimum Gasteiger partial charge on any atom is -0.384 e. The van der Waals surface area contributed by atoms with Crippen molar-refractivity contribution in [1.82, 2.24) is 5.32 Å². The van der Waals surface area contributed by atoms with Gasteiger partial charge in [0.1, 0.15) is 0 Å². The van der Waals surface area contributed by atoms with E-state index in [4.69, 9.17) is 4.74 Å². The molecular weight excluding hydrogens is 246 g/mol. The maximum atomic E-state index is 12.4. The van der Waals surface area contributed by atoms with Gasteiger partial charge in [-0.2, -0.15) is 0 Å². The number of nitrogens with one attached hydrogen (secondary N) is 1. The number of hydrogen-bond acceptors (Lipinski definition) is 3. The van der Waals surface area contributed by atoms with Crippen LogP contribution < -0.4 is 5.32 Å². The van der Waals surface area contributed by atoms with Crippen LogP contribution in [0.4, 0.5) is 0 Å². The monoisotopic (exact) mass is 275 g/mol. The second-order valence-corrected chi connectivity index (χ2v) is 7.37. The standard InChI is InChI=1S/C14H29NO2S/c1-5-15-13-7-6-12(11(2)3)10-14(13)18(16)9-8-17-4/h11-15H,5-10H2,1-4H3. The molecule has 108 valence electrons. The second kappa shape index (κ2) is 8.28. The molecule has 0 aromatic rings. The van der Waals surface area contributed by atoms with Crippen molar-refractivity contribution < 1.29 is 8.95 Å². The van der Waals surface area contributed by atoms with Gasteiger partial charge in [-0.25, -0.2) is 0 Å². The molecule has 1 fully saturated rings. The van der Waals surface area contributed by atoms with Gasteiger partial charge in [-0.15, -0.1) is 0 Å². The summed E-state index contributed by atoms with van der Waals surface area (Å²) in [7, 11) is 0.915. The van der Waals surface area contributed by atoms with Gasteiger partial charge < -0.3 is 10.1 Å². The van der Waals surface area contributed by atoms with Crippen molar-refractivity contribution in [1.29, 1.82) is 0 Å². The van der Waals surface area contributed by atoms with E-state index in [2.05, 4.69) is 26.1 Å². The van der Waals surface area contributed by atoms with E-state index in [0.717, 1.165) is 18.9 Å². The number of rotatable bonds is 7. The molecule has 0 aromatic carbocycles. The van der Waals surface area contributed by atoms with Crippen molar-refractivity contribution in [2.24, 2.45) is 11.8 Å². The number of methoxy groups -OCH3 is 1. The predicted octanol–water partition coefficient (Wildman–Crippen LogP) is 2.18. The fourth-order valence-corrected chi connectivity index (χ4v) is 4.56. The summed E-state index contributed by atoms with van der Waals surface area (Å²) in [6, 6.07) is 0.433. The first kappa shape index (κ1) is 16.1.